The molecule has 0 saturated carbocycles. The van der Waals surface area contributed by atoms with Gasteiger partial charge in [0.25, 0.3) is 11.5 Å². The number of hydrogen-bond donors (Lipinski definition) is 0. The van der Waals surface area contributed by atoms with E-state index in [1.165, 1.54) is 17.0 Å². The monoisotopic (exact) mass is 427 g/mol. The second-order valence-corrected chi connectivity index (χ2v) is 8.15. The van der Waals surface area contributed by atoms with E-state index in [0.29, 0.717) is 23.0 Å². The maximum atomic E-state index is 14.1. The van der Waals surface area contributed by atoms with Gasteiger partial charge in [0.1, 0.15) is 11.6 Å². The number of aryl methyl sites for hydroxylation is 1. The number of hydrogen-bond acceptors (Lipinski definition) is 3. The number of carbonyl (C=O) groups excluding carboxylic acids is 1. The van der Waals surface area contributed by atoms with Crippen molar-refractivity contribution in [1.82, 2.24) is 14.5 Å². The maximum absolute atomic E-state index is 14.1. The first-order chi connectivity index (χ1) is 14.5. The Bertz CT molecular complexity index is 1150. The van der Waals surface area contributed by atoms with Crippen LogP contribution >= 0.6 is 11.6 Å². The van der Waals surface area contributed by atoms with Crippen LogP contribution in [0.25, 0.3) is 10.9 Å². The normalized spacial score (nSPS) is 14.1. The molecule has 7 heteroatoms. The van der Waals surface area contributed by atoms with E-state index >= 15 is 0 Å². The van der Waals surface area contributed by atoms with E-state index < -0.39 is 5.82 Å². The lowest BCUT2D eigenvalue weighted by molar-refractivity contribution is 0.0784. The summed E-state index contributed by atoms with van der Waals surface area (Å²) in [5.74, 6) is 0.0436. The van der Waals surface area contributed by atoms with Crippen LogP contribution in [-0.4, -0.2) is 27.4 Å². The lowest BCUT2D eigenvalue weighted by atomic mass is 10.1. The summed E-state index contributed by atoms with van der Waals surface area (Å²) in [4.78, 5) is 32.0. The third-order valence-electron chi connectivity index (χ3n) is 5.62. The van der Waals surface area contributed by atoms with Gasteiger partial charge in [-0.15, -0.1) is 0 Å². The van der Waals surface area contributed by atoms with Gasteiger partial charge < -0.3 is 4.90 Å². The van der Waals surface area contributed by atoms with E-state index in [1.54, 1.807) is 35.9 Å². The third kappa shape index (κ3) is 3.97. The van der Waals surface area contributed by atoms with Crippen molar-refractivity contribution in [2.45, 2.75) is 45.2 Å². The van der Waals surface area contributed by atoms with Crippen LogP contribution in [-0.2, 0) is 19.5 Å². The van der Waals surface area contributed by atoms with Crippen LogP contribution in [0.2, 0.25) is 5.02 Å². The first-order valence-electron chi connectivity index (χ1n) is 10.2. The number of rotatable bonds is 3. The highest BCUT2D eigenvalue weighted by molar-refractivity contribution is 6.31. The highest BCUT2D eigenvalue weighted by Gasteiger charge is 2.18. The molecule has 0 saturated heterocycles. The third-order valence-corrected chi connectivity index (χ3v) is 5.97. The summed E-state index contributed by atoms with van der Waals surface area (Å²) in [6.45, 7) is 0.729. The molecule has 1 aliphatic rings. The van der Waals surface area contributed by atoms with Crippen LogP contribution in [0.3, 0.4) is 0 Å². The molecule has 4 rings (SSSR count). The van der Waals surface area contributed by atoms with Crippen LogP contribution < -0.4 is 5.56 Å². The summed E-state index contributed by atoms with van der Waals surface area (Å²) in [5.41, 5.74) is 1.14. The topological polar surface area (TPSA) is 55.2 Å². The second-order valence-electron chi connectivity index (χ2n) is 7.74. The van der Waals surface area contributed by atoms with Crippen LogP contribution in [0.5, 0.6) is 0 Å². The van der Waals surface area contributed by atoms with Crippen LogP contribution in [0, 0.1) is 5.82 Å². The average Bonchev–Trinajstić information content (AvgIpc) is 2.71. The molecule has 156 valence electrons. The lowest BCUT2D eigenvalue weighted by Gasteiger charge is -2.19. The smallest absolute Gasteiger partial charge is 0.261 e. The maximum Gasteiger partial charge on any atom is 0.261 e. The van der Waals surface area contributed by atoms with Crippen molar-refractivity contribution in [2.24, 2.45) is 0 Å². The van der Waals surface area contributed by atoms with Gasteiger partial charge in [-0.2, -0.15) is 0 Å². The molecule has 1 amide bonds. The molecule has 3 aromatic rings. The Hall–Kier alpha value is -2.73. The molecular formula is C23H23ClFN3O2. The zero-order valence-electron chi connectivity index (χ0n) is 16.8. The second kappa shape index (κ2) is 8.56. The fourth-order valence-corrected chi connectivity index (χ4v) is 4.16. The molecule has 2 heterocycles. The van der Waals surface area contributed by atoms with Crippen LogP contribution in [0.4, 0.5) is 4.39 Å². The number of aromatic nitrogens is 2. The number of benzene rings is 2. The lowest BCUT2D eigenvalue weighted by Crippen LogP contribution is -2.28. The molecule has 1 aliphatic heterocycles. The summed E-state index contributed by atoms with van der Waals surface area (Å²) < 4.78 is 15.9. The molecule has 0 radical (unpaired) electrons. The van der Waals surface area contributed by atoms with Crippen LogP contribution in [0.1, 0.15) is 47.4 Å². The molecule has 5 nitrogen and oxygen atoms in total. The Kier molecular flexibility index (Phi) is 5.86. The van der Waals surface area contributed by atoms with Crippen molar-refractivity contribution >= 4 is 28.4 Å². The van der Waals surface area contributed by atoms with E-state index in [-0.39, 0.29) is 28.6 Å². The number of amides is 1. The van der Waals surface area contributed by atoms with Gasteiger partial charge in [0.05, 0.1) is 10.9 Å². The molecule has 2 aromatic carbocycles. The molecule has 0 bridgehead atoms. The molecular weight excluding hydrogens is 405 g/mol. The van der Waals surface area contributed by atoms with E-state index in [4.69, 9.17) is 16.6 Å². The number of fused-ring (bicyclic) bond motifs is 2. The summed E-state index contributed by atoms with van der Waals surface area (Å²) in [6, 6.07) is 9.39. The minimum atomic E-state index is -0.450. The Morgan fingerprint density at radius 1 is 1.20 bits per heavy atom. The molecule has 1 aromatic heterocycles. The average molecular weight is 428 g/mol. The Labute approximate surface area is 179 Å². The minimum Gasteiger partial charge on any atom is -0.337 e. The summed E-state index contributed by atoms with van der Waals surface area (Å²) in [5, 5.41) is 0.789. The quantitative estimate of drug-likeness (QED) is 0.614. The Balaban J connectivity index is 1.66. The van der Waals surface area contributed by atoms with Crippen LogP contribution in [0.15, 0.2) is 41.2 Å². The van der Waals surface area contributed by atoms with Gasteiger partial charge in [0.15, 0.2) is 0 Å². The van der Waals surface area contributed by atoms with Gasteiger partial charge in [0.2, 0.25) is 0 Å². The standard InChI is InChI=1S/C23H23ClFN3O2/c1-27(14-17-18(24)7-6-8-19(17)25)22(29)15-10-11-16-20(13-15)26-21-9-4-2-3-5-12-28(21)23(16)30/h6-8,10-11,13H,2-5,9,12,14H2,1H3. The van der Waals surface area contributed by atoms with Gasteiger partial charge in [-0.1, -0.05) is 30.5 Å². The zero-order chi connectivity index (χ0) is 21.3. The fraction of sp³-hybridized carbons (Fsp3) is 0.348. The van der Waals surface area contributed by atoms with Gasteiger partial charge in [-0.05, 0) is 43.2 Å². The van der Waals surface area contributed by atoms with E-state index in [2.05, 4.69) is 0 Å². The minimum absolute atomic E-state index is 0.0443. The van der Waals surface area contributed by atoms with Gasteiger partial charge in [-0.3, -0.25) is 14.2 Å². The molecule has 0 spiro atoms. The van der Waals surface area contributed by atoms with Crippen molar-refractivity contribution in [3.8, 4) is 0 Å². The molecule has 30 heavy (non-hydrogen) atoms. The highest BCUT2D eigenvalue weighted by Crippen LogP contribution is 2.22. The van der Waals surface area contributed by atoms with Crippen molar-refractivity contribution in [3.05, 3.63) is 74.5 Å². The zero-order valence-corrected chi connectivity index (χ0v) is 17.6. The Morgan fingerprint density at radius 2 is 2.00 bits per heavy atom. The van der Waals surface area contributed by atoms with Crippen molar-refractivity contribution in [3.63, 3.8) is 0 Å². The molecule has 0 fully saturated rings. The van der Waals surface area contributed by atoms with E-state index in [0.717, 1.165) is 37.9 Å². The largest absolute Gasteiger partial charge is 0.337 e. The SMILES string of the molecule is CN(Cc1c(F)cccc1Cl)C(=O)c1ccc2c(=O)n3c(nc2c1)CCCCCC3. The summed E-state index contributed by atoms with van der Waals surface area (Å²) in [7, 11) is 1.60. The number of nitrogens with zero attached hydrogens (tertiary/aromatic N) is 3. The van der Waals surface area contributed by atoms with Gasteiger partial charge in [-0.25, -0.2) is 9.37 Å². The van der Waals surface area contributed by atoms with Crippen molar-refractivity contribution in [2.75, 3.05) is 7.05 Å². The predicted octanol–water partition coefficient (Wildman–Crippen LogP) is 4.58. The van der Waals surface area contributed by atoms with Gasteiger partial charge in [0, 0.05) is 42.7 Å². The van der Waals surface area contributed by atoms with Gasteiger partial charge >= 0.3 is 0 Å². The predicted molar refractivity (Wildman–Crippen MR) is 115 cm³/mol. The molecule has 0 atom stereocenters. The first kappa shape index (κ1) is 20.5. The Morgan fingerprint density at radius 3 is 2.80 bits per heavy atom. The van der Waals surface area contributed by atoms with E-state index in [1.807, 2.05) is 0 Å². The fourth-order valence-electron chi connectivity index (χ4n) is 3.94. The molecule has 0 N–H and O–H groups in total. The number of carbonyl (C=O) groups is 1. The highest BCUT2D eigenvalue weighted by atomic mass is 35.5. The van der Waals surface area contributed by atoms with Crippen molar-refractivity contribution in [1.29, 1.82) is 0 Å². The number of halogens is 2. The molecule has 0 unspecified atom stereocenters. The summed E-state index contributed by atoms with van der Waals surface area (Å²) >= 11 is 6.09. The molecule has 0 aliphatic carbocycles. The first-order valence-corrected chi connectivity index (χ1v) is 10.6. The summed E-state index contributed by atoms with van der Waals surface area (Å²) in [6.07, 6.45) is 4.99. The van der Waals surface area contributed by atoms with E-state index in [9.17, 15) is 14.0 Å². The van der Waals surface area contributed by atoms with Crippen molar-refractivity contribution < 1.29 is 9.18 Å².